The monoisotopic (exact) mass is 229 g/mol. The lowest BCUT2D eigenvalue weighted by Gasteiger charge is -2.07. The minimum atomic E-state index is -0.122. The summed E-state index contributed by atoms with van der Waals surface area (Å²) in [5.41, 5.74) is 3.42. The van der Waals surface area contributed by atoms with Crippen molar-refractivity contribution < 1.29 is 9.63 Å². The van der Waals surface area contributed by atoms with Crippen LogP contribution in [0.1, 0.15) is 12.5 Å². The number of hydrogen-bond acceptors (Lipinski definition) is 2. The second-order valence-electron chi connectivity index (χ2n) is 3.77. The van der Waals surface area contributed by atoms with Crippen molar-refractivity contribution in [2.75, 3.05) is 6.61 Å². The number of amides is 1. The maximum atomic E-state index is 11.6. The van der Waals surface area contributed by atoms with Crippen molar-refractivity contribution in [1.82, 2.24) is 5.48 Å². The van der Waals surface area contributed by atoms with E-state index in [1.807, 2.05) is 49.4 Å². The van der Waals surface area contributed by atoms with Gasteiger partial charge in [0.05, 0.1) is 13.0 Å². The third kappa shape index (κ3) is 2.82. The van der Waals surface area contributed by atoms with Crippen LogP contribution in [-0.2, 0) is 16.1 Å². The summed E-state index contributed by atoms with van der Waals surface area (Å²) in [4.78, 5) is 16.5. The van der Waals surface area contributed by atoms with Crippen LogP contribution < -0.4 is 5.48 Å². The van der Waals surface area contributed by atoms with Gasteiger partial charge in [0, 0.05) is 0 Å². The van der Waals surface area contributed by atoms with Crippen LogP contribution in [-0.4, -0.2) is 12.5 Å². The molecule has 1 amide bonds. The first-order valence-corrected chi connectivity index (χ1v) is 5.68. The Morgan fingerprint density at radius 3 is 2.76 bits per heavy atom. The fourth-order valence-electron chi connectivity index (χ4n) is 1.81. The van der Waals surface area contributed by atoms with Gasteiger partial charge in [0.25, 0.3) is 0 Å². The number of hydrogen-bond donors (Lipinski definition) is 1. The van der Waals surface area contributed by atoms with Gasteiger partial charge in [-0.1, -0.05) is 42.5 Å². The Kier molecular flexibility index (Phi) is 3.73. The second-order valence-corrected chi connectivity index (χ2v) is 3.77. The molecule has 0 radical (unpaired) electrons. The molecule has 0 aromatic heterocycles. The van der Waals surface area contributed by atoms with Crippen LogP contribution in [0.15, 0.2) is 42.5 Å². The van der Waals surface area contributed by atoms with E-state index in [0.29, 0.717) is 13.0 Å². The van der Waals surface area contributed by atoms with E-state index >= 15 is 0 Å². The first kappa shape index (κ1) is 11.6. The smallest absolute Gasteiger partial charge is 0.247 e. The van der Waals surface area contributed by atoms with Crippen molar-refractivity contribution in [3.8, 4) is 0 Å². The first-order chi connectivity index (χ1) is 8.31. The lowest BCUT2D eigenvalue weighted by molar-refractivity contribution is -0.132. The summed E-state index contributed by atoms with van der Waals surface area (Å²) in [6.45, 7) is 2.31. The van der Waals surface area contributed by atoms with Gasteiger partial charge in [-0.25, -0.2) is 5.48 Å². The molecule has 17 heavy (non-hydrogen) atoms. The molecule has 0 heterocycles. The molecule has 3 heteroatoms. The van der Waals surface area contributed by atoms with Crippen molar-refractivity contribution in [3.05, 3.63) is 48.0 Å². The number of benzene rings is 2. The van der Waals surface area contributed by atoms with Crippen LogP contribution >= 0.6 is 0 Å². The predicted molar refractivity (Wildman–Crippen MR) is 67.4 cm³/mol. The third-order valence-electron chi connectivity index (χ3n) is 2.56. The summed E-state index contributed by atoms with van der Waals surface area (Å²) in [5, 5.41) is 2.26. The molecule has 0 aliphatic heterocycles. The predicted octanol–water partition coefficient (Wildman–Crippen LogP) is 2.45. The van der Waals surface area contributed by atoms with Crippen LogP contribution in [0.5, 0.6) is 0 Å². The van der Waals surface area contributed by atoms with Gasteiger partial charge in [-0.05, 0) is 23.3 Å². The Morgan fingerprint density at radius 1 is 1.18 bits per heavy atom. The molecule has 0 aliphatic rings. The average Bonchev–Trinajstić information content (AvgIpc) is 2.37. The molecule has 0 aliphatic carbocycles. The molecule has 0 bridgehead atoms. The van der Waals surface area contributed by atoms with Crippen molar-refractivity contribution in [1.29, 1.82) is 0 Å². The fraction of sp³-hybridized carbons (Fsp3) is 0.214. The molecule has 0 saturated heterocycles. The maximum absolute atomic E-state index is 11.6. The van der Waals surface area contributed by atoms with Crippen LogP contribution in [0.3, 0.4) is 0 Å². The highest BCUT2D eigenvalue weighted by Crippen LogP contribution is 2.18. The molecule has 0 atom stereocenters. The normalized spacial score (nSPS) is 10.4. The largest absolute Gasteiger partial charge is 0.274 e. The van der Waals surface area contributed by atoms with Crippen LogP contribution in [0, 0.1) is 0 Å². The highest BCUT2D eigenvalue weighted by Gasteiger charge is 2.06. The minimum Gasteiger partial charge on any atom is -0.274 e. The SMILES string of the molecule is CCONC(=O)Cc1cccc2ccccc12. The Balaban J connectivity index is 2.21. The molecule has 3 nitrogen and oxygen atoms in total. The summed E-state index contributed by atoms with van der Waals surface area (Å²) in [5.74, 6) is -0.122. The van der Waals surface area contributed by atoms with E-state index in [1.54, 1.807) is 0 Å². The molecular weight excluding hydrogens is 214 g/mol. The average molecular weight is 229 g/mol. The zero-order chi connectivity index (χ0) is 12.1. The summed E-state index contributed by atoms with van der Waals surface area (Å²) in [6, 6.07) is 14.0. The second kappa shape index (κ2) is 5.46. The van der Waals surface area contributed by atoms with Crippen molar-refractivity contribution >= 4 is 16.7 Å². The van der Waals surface area contributed by atoms with E-state index < -0.39 is 0 Å². The van der Waals surface area contributed by atoms with Crippen molar-refractivity contribution in [2.45, 2.75) is 13.3 Å². The maximum Gasteiger partial charge on any atom is 0.247 e. The fourth-order valence-corrected chi connectivity index (χ4v) is 1.81. The lowest BCUT2D eigenvalue weighted by Crippen LogP contribution is -2.25. The molecule has 1 N–H and O–H groups in total. The topological polar surface area (TPSA) is 38.3 Å². The van der Waals surface area contributed by atoms with Gasteiger partial charge >= 0.3 is 0 Å². The third-order valence-corrected chi connectivity index (χ3v) is 2.56. The molecule has 2 aromatic rings. The molecule has 0 unspecified atom stereocenters. The number of carbonyl (C=O) groups excluding carboxylic acids is 1. The lowest BCUT2D eigenvalue weighted by atomic mass is 10.0. The number of hydroxylamine groups is 1. The van der Waals surface area contributed by atoms with Crippen molar-refractivity contribution in [3.63, 3.8) is 0 Å². The molecule has 0 saturated carbocycles. The first-order valence-electron chi connectivity index (χ1n) is 5.68. The van der Waals surface area contributed by atoms with Gasteiger partial charge in [0.1, 0.15) is 0 Å². The zero-order valence-electron chi connectivity index (χ0n) is 9.77. The molecule has 0 fully saturated rings. The van der Waals surface area contributed by atoms with E-state index in [9.17, 15) is 4.79 Å². The standard InChI is InChI=1S/C14H15NO2/c1-2-17-15-14(16)10-12-8-5-7-11-6-3-4-9-13(11)12/h3-9H,2,10H2,1H3,(H,15,16). The summed E-state index contributed by atoms with van der Waals surface area (Å²) < 4.78 is 0. The Labute approximate surface area is 100 Å². The molecular formula is C14H15NO2. The molecule has 2 aromatic carbocycles. The van der Waals surface area contributed by atoms with Gasteiger partial charge in [0.2, 0.25) is 5.91 Å². The Morgan fingerprint density at radius 2 is 1.94 bits per heavy atom. The van der Waals surface area contributed by atoms with Gasteiger partial charge in [-0.3, -0.25) is 9.63 Å². The van der Waals surface area contributed by atoms with Gasteiger partial charge in [0.15, 0.2) is 0 Å². The van der Waals surface area contributed by atoms with E-state index in [1.165, 1.54) is 0 Å². The highest BCUT2D eigenvalue weighted by atomic mass is 16.6. The number of fused-ring (bicyclic) bond motifs is 1. The van der Waals surface area contributed by atoms with Gasteiger partial charge in [-0.15, -0.1) is 0 Å². The van der Waals surface area contributed by atoms with Crippen LogP contribution in [0.4, 0.5) is 0 Å². The molecule has 2 rings (SSSR count). The van der Waals surface area contributed by atoms with E-state index in [-0.39, 0.29) is 5.91 Å². The quantitative estimate of drug-likeness (QED) is 0.818. The van der Waals surface area contributed by atoms with Gasteiger partial charge in [-0.2, -0.15) is 0 Å². The minimum absolute atomic E-state index is 0.122. The highest BCUT2D eigenvalue weighted by molar-refractivity contribution is 5.89. The van der Waals surface area contributed by atoms with Crippen LogP contribution in [0.2, 0.25) is 0 Å². The zero-order valence-corrected chi connectivity index (χ0v) is 9.77. The summed E-state index contributed by atoms with van der Waals surface area (Å²) >= 11 is 0. The molecule has 0 spiro atoms. The van der Waals surface area contributed by atoms with Crippen molar-refractivity contribution in [2.24, 2.45) is 0 Å². The summed E-state index contributed by atoms with van der Waals surface area (Å²) in [6.07, 6.45) is 0.335. The number of carbonyl (C=O) groups is 1. The summed E-state index contributed by atoms with van der Waals surface area (Å²) in [7, 11) is 0. The van der Waals surface area contributed by atoms with E-state index in [4.69, 9.17) is 4.84 Å². The Hall–Kier alpha value is -1.87. The number of rotatable bonds is 4. The Bertz CT molecular complexity index is 517. The van der Waals surface area contributed by atoms with E-state index in [2.05, 4.69) is 5.48 Å². The number of nitrogens with one attached hydrogen (secondary N) is 1. The van der Waals surface area contributed by atoms with E-state index in [0.717, 1.165) is 16.3 Å². The molecule has 88 valence electrons. The van der Waals surface area contributed by atoms with Crippen LogP contribution in [0.25, 0.3) is 10.8 Å². The van der Waals surface area contributed by atoms with Gasteiger partial charge < -0.3 is 0 Å².